The fourth-order valence-electron chi connectivity index (χ4n) is 2.17. The first kappa shape index (κ1) is 16.9. The van der Waals surface area contributed by atoms with E-state index >= 15 is 0 Å². The highest BCUT2D eigenvalue weighted by Crippen LogP contribution is 2.29. The Morgan fingerprint density at radius 3 is 2.00 bits per heavy atom. The van der Waals surface area contributed by atoms with E-state index in [1.54, 1.807) is 0 Å². The van der Waals surface area contributed by atoms with Gasteiger partial charge in [0.2, 0.25) is 5.91 Å². The molecule has 2 rings (SSSR count). The smallest absolute Gasteiger partial charge is 0.416 e. The highest BCUT2D eigenvalue weighted by molar-refractivity contribution is 5.92. The number of benzene rings is 1. The molecule has 1 aliphatic rings. The minimum absolute atomic E-state index is 0.245. The lowest BCUT2D eigenvalue weighted by molar-refractivity contribution is -0.137. The van der Waals surface area contributed by atoms with Gasteiger partial charge in [0.25, 0.3) is 0 Å². The lowest BCUT2D eigenvalue weighted by atomic mass is 10.1. The number of carbonyl (C=O) groups is 2. The monoisotopic (exact) mass is 328 g/mol. The Kier molecular flexibility index (Phi) is 4.92. The van der Waals surface area contributed by atoms with Crippen molar-refractivity contribution in [3.8, 4) is 0 Å². The molecule has 0 aromatic heterocycles. The van der Waals surface area contributed by atoms with Crippen molar-refractivity contribution < 1.29 is 27.9 Å². The molecule has 1 aromatic carbocycles. The quantitative estimate of drug-likeness (QED) is 0.849. The Hall–Kier alpha value is -2.51. The van der Waals surface area contributed by atoms with Crippen LogP contribution in [0.4, 0.5) is 18.0 Å². The number of carboxylic acid groups (broad SMARTS) is 1. The molecule has 0 unspecified atom stereocenters. The van der Waals surface area contributed by atoms with Crippen LogP contribution in [0.25, 0.3) is 6.08 Å². The Morgan fingerprint density at radius 2 is 1.52 bits per heavy atom. The third kappa shape index (κ3) is 4.48. The number of piperazine rings is 1. The van der Waals surface area contributed by atoms with Crippen LogP contribution in [0.5, 0.6) is 0 Å². The van der Waals surface area contributed by atoms with Crippen LogP contribution < -0.4 is 0 Å². The summed E-state index contributed by atoms with van der Waals surface area (Å²) in [5.74, 6) is -0.296. The molecule has 0 saturated carbocycles. The molecule has 5 nitrogen and oxygen atoms in total. The summed E-state index contributed by atoms with van der Waals surface area (Å²) in [6.45, 7) is 1.08. The van der Waals surface area contributed by atoms with Crippen molar-refractivity contribution in [2.75, 3.05) is 26.2 Å². The summed E-state index contributed by atoms with van der Waals surface area (Å²) in [6.07, 6.45) is -2.69. The summed E-state index contributed by atoms with van der Waals surface area (Å²) in [5.41, 5.74) is -0.263. The summed E-state index contributed by atoms with van der Waals surface area (Å²) < 4.78 is 37.3. The molecule has 1 N–H and O–H groups in total. The van der Waals surface area contributed by atoms with E-state index in [1.165, 1.54) is 34.1 Å². The third-order valence-corrected chi connectivity index (χ3v) is 3.52. The van der Waals surface area contributed by atoms with Crippen LogP contribution in [-0.4, -0.2) is 53.1 Å². The normalized spacial score (nSPS) is 16.0. The van der Waals surface area contributed by atoms with Gasteiger partial charge in [-0.1, -0.05) is 12.1 Å². The lowest BCUT2D eigenvalue weighted by Crippen LogP contribution is -2.49. The molecule has 1 aliphatic heterocycles. The molecule has 0 bridgehead atoms. The fraction of sp³-hybridized carbons (Fsp3) is 0.333. The summed E-state index contributed by atoms with van der Waals surface area (Å²) in [5, 5.41) is 8.82. The molecule has 0 spiro atoms. The molecular weight excluding hydrogens is 313 g/mol. The maximum atomic E-state index is 12.4. The Morgan fingerprint density at radius 1 is 1.00 bits per heavy atom. The predicted molar refractivity (Wildman–Crippen MR) is 76.7 cm³/mol. The number of nitrogens with zero attached hydrogens (tertiary/aromatic N) is 2. The molecule has 0 atom stereocenters. The molecule has 23 heavy (non-hydrogen) atoms. The topological polar surface area (TPSA) is 60.9 Å². The van der Waals surface area contributed by atoms with Gasteiger partial charge < -0.3 is 14.9 Å². The maximum Gasteiger partial charge on any atom is 0.416 e. The van der Waals surface area contributed by atoms with Crippen LogP contribution in [0.15, 0.2) is 30.3 Å². The van der Waals surface area contributed by atoms with Crippen LogP contribution in [0, 0.1) is 0 Å². The van der Waals surface area contributed by atoms with Gasteiger partial charge in [-0.05, 0) is 23.8 Å². The molecule has 2 amide bonds. The fourth-order valence-corrected chi connectivity index (χ4v) is 2.17. The molecule has 124 valence electrons. The summed E-state index contributed by atoms with van der Waals surface area (Å²) in [7, 11) is 0. The third-order valence-electron chi connectivity index (χ3n) is 3.52. The van der Waals surface area contributed by atoms with Crippen LogP contribution in [0.2, 0.25) is 0 Å². The van der Waals surface area contributed by atoms with Crippen molar-refractivity contribution in [3.05, 3.63) is 41.5 Å². The molecule has 1 saturated heterocycles. The van der Waals surface area contributed by atoms with Gasteiger partial charge in [-0.25, -0.2) is 4.79 Å². The first-order valence-corrected chi connectivity index (χ1v) is 6.89. The van der Waals surface area contributed by atoms with Gasteiger partial charge in [0.15, 0.2) is 0 Å². The molecule has 1 aromatic rings. The second kappa shape index (κ2) is 6.72. The highest BCUT2D eigenvalue weighted by atomic mass is 19.4. The predicted octanol–water partition coefficient (Wildman–Crippen LogP) is 2.54. The number of hydrogen-bond acceptors (Lipinski definition) is 2. The van der Waals surface area contributed by atoms with Gasteiger partial charge in [-0.2, -0.15) is 13.2 Å². The van der Waals surface area contributed by atoms with Gasteiger partial charge >= 0.3 is 12.3 Å². The van der Waals surface area contributed by atoms with Crippen LogP contribution in [0.1, 0.15) is 11.1 Å². The number of hydrogen-bond donors (Lipinski definition) is 1. The van der Waals surface area contributed by atoms with Gasteiger partial charge in [0.05, 0.1) is 5.56 Å². The first-order chi connectivity index (χ1) is 10.8. The zero-order chi connectivity index (χ0) is 17.0. The molecule has 0 radical (unpaired) electrons. The highest BCUT2D eigenvalue weighted by Gasteiger charge is 2.29. The van der Waals surface area contributed by atoms with Gasteiger partial charge in [0.1, 0.15) is 0 Å². The molecule has 1 heterocycles. The Labute approximate surface area is 130 Å². The van der Waals surface area contributed by atoms with Gasteiger partial charge in [0, 0.05) is 32.3 Å². The van der Waals surface area contributed by atoms with E-state index in [2.05, 4.69) is 0 Å². The molecular formula is C15H15F3N2O3. The number of alkyl halides is 3. The minimum atomic E-state index is -4.39. The number of carbonyl (C=O) groups excluding carboxylic acids is 1. The van der Waals surface area contributed by atoms with E-state index in [1.807, 2.05) is 0 Å². The summed E-state index contributed by atoms with van der Waals surface area (Å²) in [4.78, 5) is 25.5. The Balaban J connectivity index is 1.93. The second-order valence-corrected chi connectivity index (χ2v) is 5.05. The van der Waals surface area contributed by atoms with Crippen molar-refractivity contribution >= 4 is 18.1 Å². The van der Waals surface area contributed by atoms with E-state index in [0.29, 0.717) is 18.7 Å². The Bertz CT molecular complexity index is 603. The van der Waals surface area contributed by atoms with E-state index in [0.717, 1.165) is 12.1 Å². The van der Waals surface area contributed by atoms with E-state index in [9.17, 15) is 22.8 Å². The SMILES string of the molecule is O=C(O)N1CCN(C(=O)C=Cc2ccc(C(F)(F)F)cc2)CC1. The molecule has 0 aliphatic carbocycles. The average molecular weight is 328 g/mol. The standard InChI is InChI=1S/C15H15F3N2O3/c16-15(17,18)12-4-1-11(2-5-12)3-6-13(21)19-7-9-20(10-8-19)14(22)23/h1-6H,7-10H2,(H,22,23). The van der Waals surface area contributed by atoms with Crippen molar-refractivity contribution in [1.82, 2.24) is 9.80 Å². The lowest BCUT2D eigenvalue weighted by Gasteiger charge is -2.32. The van der Waals surface area contributed by atoms with E-state index in [4.69, 9.17) is 5.11 Å². The van der Waals surface area contributed by atoms with Crippen LogP contribution >= 0.6 is 0 Å². The summed E-state index contributed by atoms with van der Waals surface area (Å²) in [6, 6.07) is 4.48. The van der Waals surface area contributed by atoms with Gasteiger partial charge in [-0.15, -0.1) is 0 Å². The van der Waals surface area contributed by atoms with Crippen LogP contribution in [0.3, 0.4) is 0 Å². The van der Waals surface area contributed by atoms with Crippen LogP contribution in [-0.2, 0) is 11.0 Å². The zero-order valence-corrected chi connectivity index (χ0v) is 12.1. The van der Waals surface area contributed by atoms with E-state index in [-0.39, 0.29) is 19.0 Å². The van der Waals surface area contributed by atoms with E-state index < -0.39 is 17.8 Å². The van der Waals surface area contributed by atoms with Crippen molar-refractivity contribution in [2.45, 2.75) is 6.18 Å². The first-order valence-electron chi connectivity index (χ1n) is 6.89. The second-order valence-electron chi connectivity index (χ2n) is 5.05. The molecule has 1 fully saturated rings. The summed E-state index contributed by atoms with van der Waals surface area (Å²) >= 11 is 0. The minimum Gasteiger partial charge on any atom is -0.465 e. The van der Waals surface area contributed by atoms with Crippen molar-refractivity contribution in [2.24, 2.45) is 0 Å². The largest absolute Gasteiger partial charge is 0.465 e. The number of halogens is 3. The maximum absolute atomic E-state index is 12.4. The van der Waals surface area contributed by atoms with Crippen molar-refractivity contribution in [1.29, 1.82) is 0 Å². The number of amides is 2. The van der Waals surface area contributed by atoms with Gasteiger partial charge in [-0.3, -0.25) is 4.79 Å². The number of rotatable bonds is 2. The van der Waals surface area contributed by atoms with Crippen molar-refractivity contribution in [3.63, 3.8) is 0 Å². The molecule has 8 heteroatoms. The average Bonchev–Trinajstić information content (AvgIpc) is 2.52. The zero-order valence-electron chi connectivity index (χ0n) is 12.1.